The summed E-state index contributed by atoms with van der Waals surface area (Å²) in [5.74, 6) is 0. The van der Waals surface area contributed by atoms with E-state index >= 15 is 0 Å². The van der Waals surface area contributed by atoms with Crippen LogP contribution in [0.2, 0.25) is 0 Å². The monoisotopic (exact) mass is 450 g/mol. The number of carbonyl (C=O) groups excluding carboxylic acids is 5. The van der Waals surface area contributed by atoms with Crippen LogP contribution in [0.25, 0.3) is 0 Å². The third-order valence-electron chi connectivity index (χ3n) is 4.53. The lowest BCUT2D eigenvalue weighted by molar-refractivity contribution is 0.184. The quantitative estimate of drug-likeness (QED) is 0.176. The van der Waals surface area contributed by atoms with Crippen molar-refractivity contribution in [2.75, 3.05) is 39.3 Å². The van der Waals surface area contributed by atoms with E-state index in [9.17, 15) is 24.0 Å². The van der Waals surface area contributed by atoms with Crippen LogP contribution in [0.3, 0.4) is 0 Å². The maximum atomic E-state index is 12.5. The molecule has 0 aromatic rings. The fraction of sp³-hybridized carbons (Fsp3) is 0.762. The van der Waals surface area contributed by atoms with Gasteiger partial charge in [-0.15, -0.1) is 0 Å². The number of unbranched alkanes of at least 4 members (excludes halogenated alkanes) is 7. The summed E-state index contributed by atoms with van der Waals surface area (Å²) >= 11 is 0. The summed E-state index contributed by atoms with van der Waals surface area (Å²) in [6.07, 6.45) is 12.0. The Labute approximate surface area is 188 Å². The zero-order valence-corrected chi connectivity index (χ0v) is 18.6. The van der Waals surface area contributed by atoms with Crippen LogP contribution in [0.4, 0.5) is 9.59 Å². The number of hydrogen-bond acceptors (Lipinski definition) is 8. The average molecular weight is 451 g/mol. The van der Waals surface area contributed by atoms with Crippen LogP contribution in [-0.4, -0.2) is 74.5 Å². The van der Waals surface area contributed by atoms with E-state index in [0.717, 1.165) is 57.8 Å². The van der Waals surface area contributed by atoms with Gasteiger partial charge in [-0.05, 0) is 51.4 Å². The number of hydrogen-bond donors (Lipinski definition) is 2. The molecule has 0 saturated heterocycles. The minimum atomic E-state index is -0.445. The van der Waals surface area contributed by atoms with Gasteiger partial charge < -0.3 is 10.6 Å². The molecule has 0 aliphatic rings. The van der Waals surface area contributed by atoms with Crippen molar-refractivity contribution < 1.29 is 24.0 Å². The first-order chi connectivity index (χ1) is 15.7. The van der Waals surface area contributed by atoms with Gasteiger partial charge in [0, 0.05) is 19.6 Å². The number of carbonyl (C=O) groups is 2. The summed E-state index contributed by atoms with van der Waals surface area (Å²) in [6, 6.07) is -0.890. The highest BCUT2D eigenvalue weighted by Gasteiger charge is 2.20. The van der Waals surface area contributed by atoms with Gasteiger partial charge in [-0.1, -0.05) is 12.8 Å². The van der Waals surface area contributed by atoms with Crippen LogP contribution in [0.5, 0.6) is 0 Å². The van der Waals surface area contributed by atoms with E-state index in [4.69, 9.17) is 0 Å². The molecular formula is C21H34N6O5. The third-order valence-corrected chi connectivity index (χ3v) is 4.53. The minimum absolute atomic E-state index is 0.288. The second-order valence-corrected chi connectivity index (χ2v) is 7.07. The number of rotatable bonds is 19. The Kier molecular flexibility index (Phi) is 20.4. The molecule has 0 saturated carbocycles. The summed E-state index contributed by atoms with van der Waals surface area (Å²) in [5.41, 5.74) is 0. The highest BCUT2D eigenvalue weighted by atomic mass is 16.2. The Morgan fingerprint density at radius 2 is 0.938 bits per heavy atom. The fourth-order valence-corrected chi connectivity index (χ4v) is 2.81. The molecule has 32 heavy (non-hydrogen) atoms. The molecule has 0 heterocycles. The number of aliphatic imine (C=N–C) groups is 3. The number of nitrogens with zero attached hydrogens (tertiary/aromatic N) is 4. The number of amides is 4. The summed E-state index contributed by atoms with van der Waals surface area (Å²) < 4.78 is 0. The van der Waals surface area contributed by atoms with Crippen molar-refractivity contribution in [3.63, 3.8) is 0 Å². The molecule has 0 radical (unpaired) electrons. The van der Waals surface area contributed by atoms with E-state index in [1.165, 1.54) is 23.1 Å². The highest BCUT2D eigenvalue weighted by Crippen LogP contribution is 2.04. The van der Waals surface area contributed by atoms with Gasteiger partial charge in [0.05, 0.1) is 19.6 Å². The molecule has 4 amide bonds. The Hall–Kier alpha value is -3.12. The predicted octanol–water partition coefficient (Wildman–Crippen LogP) is 2.62. The molecule has 0 aromatic heterocycles. The molecule has 2 N–H and O–H groups in total. The molecule has 0 spiro atoms. The zero-order chi connectivity index (χ0) is 23.7. The lowest BCUT2D eigenvalue weighted by Gasteiger charge is -2.22. The van der Waals surface area contributed by atoms with Gasteiger partial charge in [0.1, 0.15) is 0 Å². The molecule has 0 atom stereocenters. The van der Waals surface area contributed by atoms with Gasteiger partial charge >= 0.3 is 12.1 Å². The molecular weight excluding hydrogens is 416 g/mol. The molecule has 178 valence electrons. The normalized spacial score (nSPS) is 9.62. The molecule has 0 aliphatic carbocycles. The standard InChI is InChI=1S/C21H34N6O5/c28-17-22-11-5-1-2-10-16-27(20(31)25-14-8-3-6-12-23-18-29)21(32)26-15-9-4-7-13-24-19-30/h1-16H2,(H,25,31)(H,26,32). The van der Waals surface area contributed by atoms with E-state index in [0.29, 0.717) is 39.1 Å². The first-order valence-electron chi connectivity index (χ1n) is 11.1. The van der Waals surface area contributed by atoms with Crippen molar-refractivity contribution in [1.29, 1.82) is 0 Å². The molecule has 0 unspecified atom stereocenters. The molecule has 0 fully saturated rings. The summed E-state index contributed by atoms with van der Waals surface area (Å²) in [7, 11) is 0. The van der Waals surface area contributed by atoms with Crippen LogP contribution in [0.1, 0.15) is 64.2 Å². The van der Waals surface area contributed by atoms with Gasteiger partial charge in [0.25, 0.3) is 0 Å². The second-order valence-electron chi connectivity index (χ2n) is 7.07. The topological polar surface area (TPSA) is 150 Å². The van der Waals surface area contributed by atoms with E-state index in [-0.39, 0.29) is 6.54 Å². The van der Waals surface area contributed by atoms with Crippen LogP contribution in [0.15, 0.2) is 15.0 Å². The van der Waals surface area contributed by atoms with Crippen molar-refractivity contribution in [2.24, 2.45) is 15.0 Å². The Balaban J connectivity index is 4.38. The average Bonchev–Trinajstić information content (AvgIpc) is 2.79. The second kappa shape index (κ2) is 22.6. The van der Waals surface area contributed by atoms with Gasteiger partial charge in [-0.3, -0.25) is 0 Å². The number of imide groups is 1. The maximum Gasteiger partial charge on any atom is 0.325 e. The maximum absolute atomic E-state index is 12.5. The van der Waals surface area contributed by atoms with Gasteiger partial charge in [0.2, 0.25) is 18.2 Å². The van der Waals surface area contributed by atoms with E-state index in [2.05, 4.69) is 25.6 Å². The minimum Gasteiger partial charge on any atom is -0.338 e. The van der Waals surface area contributed by atoms with Gasteiger partial charge in [-0.2, -0.15) is 0 Å². The zero-order valence-electron chi connectivity index (χ0n) is 18.6. The third kappa shape index (κ3) is 17.7. The van der Waals surface area contributed by atoms with Crippen molar-refractivity contribution in [3.05, 3.63) is 0 Å². The molecule has 11 nitrogen and oxygen atoms in total. The van der Waals surface area contributed by atoms with Crippen molar-refractivity contribution in [2.45, 2.75) is 64.2 Å². The van der Waals surface area contributed by atoms with Crippen LogP contribution < -0.4 is 10.6 Å². The van der Waals surface area contributed by atoms with Crippen molar-refractivity contribution >= 4 is 30.3 Å². The molecule has 0 aliphatic heterocycles. The van der Waals surface area contributed by atoms with Crippen LogP contribution >= 0.6 is 0 Å². The van der Waals surface area contributed by atoms with Crippen molar-refractivity contribution in [3.8, 4) is 0 Å². The molecule has 0 bridgehead atoms. The first kappa shape index (κ1) is 28.9. The SMILES string of the molecule is O=C=NCCCCCCN(C(=O)NCCCCCN=C=O)C(=O)NCCCCCN=C=O. The Bertz CT molecular complexity index is 626. The van der Waals surface area contributed by atoms with Gasteiger partial charge in [0.15, 0.2) is 0 Å². The number of nitrogens with one attached hydrogen (secondary N) is 2. The van der Waals surface area contributed by atoms with Crippen LogP contribution in [-0.2, 0) is 14.4 Å². The lowest BCUT2D eigenvalue weighted by atomic mass is 10.2. The summed E-state index contributed by atoms with van der Waals surface area (Å²) in [5, 5.41) is 5.52. The number of isocyanates is 3. The largest absolute Gasteiger partial charge is 0.338 e. The van der Waals surface area contributed by atoms with Gasteiger partial charge in [-0.25, -0.2) is 43.8 Å². The van der Waals surface area contributed by atoms with Crippen LogP contribution in [0, 0.1) is 0 Å². The van der Waals surface area contributed by atoms with E-state index < -0.39 is 12.1 Å². The highest BCUT2D eigenvalue weighted by molar-refractivity contribution is 5.93. The molecule has 0 aromatic carbocycles. The summed E-state index contributed by atoms with van der Waals surface area (Å²) in [4.78, 5) is 66.7. The Morgan fingerprint density at radius 3 is 1.34 bits per heavy atom. The van der Waals surface area contributed by atoms with E-state index in [1.54, 1.807) is 0 Å². The Morgan fingerprint density at radius 1 is 0.562 bits per heavy atom. The fourth-order valence-electron chi connectivity index (χ4n) is 2.81. The lowest BCUT2D eigenvalue weighted by Crippen LogP contribution is -2.49. The molecule has 0 rings (SSSR count). The van der Waals surface area contributed by atoms with Crippen molar-refractivity contribution in [1.82, 2.24) is 15.5 Å². The smallest absolute Gasteiger partial charge is 0.325 e. The number of urea groups is 2. The van der Waals surface area contributed by atoms with E-state index in [1.807, 2.05) is 0 Å². The summed E-state index contributed by atoms with van der Waals surface area (Å²) in [6.45, 7) is 2.42. The molecule has 11 heteroatoms. The first-order valence-corrected chi connectivity index (χ1v) is 11.1. The predicted molar refractivity (Wildman–Crippen MR) is 119 cm³/mol.